The summed E-state index contributed by atoms with van der Waals surface area (Å²) in [5.74, 6) is 0.951. The maximum absolute atomic E-state index is 9.95. The van der Waals surface area contributed by atoms with Crippen molar-refractivity contribution in [1.29, 1.82) is 0 Å². The van der Waals surface area contributed by atoms with Crippen molar-refractivity contribution in [3.05, 3.63) is 0 Å². The highest BCUT2D eigenvalue weighted by atomic mass is 32.2. The molecule has 1 saturated heterocycles. The first kappa shape index (κ1) is 12.2. The number of rotatable bonds is 1. The second-order valence-electron chi connectivity index (χ2n) is 4.51. The number of hydrogen-bond donors (Lipinski definition) is 3. The Morgan fingerprint density at radius 2 is 2.06 bits per heavy atom. The van der Waals surface area contributed by atoms with E-state index in [4.69, 9.17) is 5.11 Å². The van der Waals surface area contributed by atoms with Crippen LogP contribution in [0.3, 0.4) is 0 Å². The summed E-state index contributed by atoms with van der Waals surface area (Å²) >= 11 is 1.53. The normalized spacial score (nSPS) is 42.8. The lowest BCUT2D eigenvalue weighted by Crippen LogP contribution is -2.51. The third-order valence-corrected chi connectivity index (χ3v) is 4.76. The smallest absolute Gasteiger partial charge is 0.104 e. The van der Waals surface area contributed by atoms with Crippen LogP contribution in [0, 0.1) is 0 Å². The average molecular weight is 246 g/mol. The Hall–Kier alpha value is -0.300. The first-order chi connectivity index (χ1) is 7.54. The molecule has 2 heterocycles. The van der Waals surface area contributed by atoms with Gasteiger partial charge in [-0.15, -0.1) is 11.8 Å². The van der Waals surface area contributed by atoms with E-state index in [9.17, 15) is 10.2 Å². The molecule has 0 aromatic rings. The van der Waals surface area contributed by atoms with Gasteiger partial charge >= 0.3 is 0 Å². The van der Waals surface area contributed by atoms with Crippen LogP contribution in [0.1, 0.15) is 6.42 Å². The molecule has 0 spiro atoms. The zero-order valence-corrected chi connectivity index (χ0v) is 10.3. The fraction of sp³-hybridized carbons (Fsp3) is 0.900. The largest absolute Gasteiger partial charge is 0.395 e. The molecule has 0 unspecified atom stereocenters. The predicted molar refractivity (Wildman–Crippen MR) is 63.8 cm³/mol. The maximum Gasteiger partial charge on any atom is 0.104 e. The van der Waals surface area contributed by atoms with Crippen molar-refractivity contribution < 1.29 is 15.3 Å². The number of aliphatic hydroxyl groups is 3. The van der Waals surface area contributed by atoms with Crippen LogP contribution < -0.4 is 0 Å². The number of aliphatic hydroxyl groups excluding tert-OH is 3. The molecule has 92 valence electrons. The van der Waals surface area contributed by atoms with Crippen LogP contribution in [0.4, 0.5) is 0 Å². The Morgan fingerprint density at radius 1 is 1.38 bits per heavy atom. The van der Waals surface area contributed by atoms with Gasteiger partial charge in [0.1, 0.15) is 11.9 Å². The van der Waals surface area contributed by atoms with Crippen molar-refractivity contribution in [2.45, 2.75) is 35.2 Å². The maximum atomic E-state index is 9.95. The number of aliphatic imine (C=N–C) groups is 1. The van der Waals surface area contributed by atoms with Crippen LogP contribution in [0.15, 0.2) is 4.99 Å². The molecule has 0 saturated carbocycles. The lowest BCUT2D eigenvalue weighted by atomic mass is 10.00. The third-order valence-electron chi connectivity index (χ3n) is 3.19. The van der Waals surface area contributed by atoms with Crippen molar-refractivity contribution in [2.75, 3.05) is 20.7 Å². The highest BCUT2D eigenvalue weighted by Gasteiger charge is 2.46. The number of fused-ring (bicyclic) bond motifs is 1. The summed E-state index contributed by atoms with van der Waals surface area (Å²) < 4.78 is 0. The predicted octanol–water partition coefficient (Wildman–Crippen LogP) is -1.08. The highest BCUT2D eigenvalue weighted by Crippen LogP contribution is 2.39. The fourth-order valence-corrected chi connectivity index (χ4v) is 3.69. The molecule has 5 nitrogen and oxygen atoms in total. The molecule has 0 aromatic heterocycles. The van der Waals surface area contributed by atoms with E-state index in [1.165, 1.54) is 11.8 Å². The van der Waals surface area contributed by atoms with Crippen LogP contribution >= 0.6 is 11.8 Å². The van der Waals surface area contributed by atoms with Gasteiger partial charge in [0, 0.05) is 25.8 Å². The Kier molecular flexibility index (Phi) is 3.44. The molecule has 0 amide bonds. The molecular weight excluding hydrogens is 228 g/mol. The fourth-order valence-electron chi connectivity index (χ4n) is 2.21. The lowest BCUT2D eigenvalue weighted by molar-refractivity contribution is -0.00799. The van der Waals surface area contributed by atoms with Gasteiger partial charge < -0.3 is 20.2 Å². The Balaban J connectivity index is 2.14. The first-order valence-corrected chi connectivity index (χ1v) is 6.35. The number of nitrogens with zero attached hydrogens (tertiary/aromatic N) is 2. The number of hydrogen-bond acceptors (Lipinski definition) is 6. The van der Waals surface area contributed by atoms with Gasteiger partial charge in [0.15, 0.2) is 0 Å². The van der Waals surface area contributed by atoms with E-state index in [-0.39, 0.29) is 23.1 Å². The SMILES string of the molecule is CN(C)C1=N[C@@H]2[C@@H](O)[C@H](O)[C@@H](CO)S[C@@H]2C1. The van der Waals surface area contributed by atoms with Crippen LogP contribution in [0.2, 0.25) is 0 Å². The van der Waals surface area contributed by atoms with Gasteiger partial charge in [0.25, 0.3) is 0 Å². The third kappa shape index (κ3) is 1.95. The molecule has 0 aliphatic carbocycles. The van der Waals surface area contributed by atoms with Gasteiger partial charge in [0.05, 0.1) is 24.0 Å². The van der Waals surface area contributed by atoms with Crippen molar-refractivity contribution in [3.63, 3.8) is 0 Å². The molecule has 2 aliphatic heterocycles. The Bertz CT molecular complexity index is 298. The van der Waals surface area contributed by atoms with Crippen molar-refractivity contribution >= 4 is 17.6 Å². The van der Waals surface area contributed by atoms with E-state index in [1.807, 2.05) is 19.0 Å². The van der Waals surface area contributed by atoms with E-state index >= 15 is 0 Å². The van der Waals surface area contributed by atoms with Gasteiger partial charge in [-0.25, -0.2) is 0 Å². The molecule has 2 rings (SSSR count). The zero-order valence-electron chi connectivity index (χ0n) is 9.45. The molecule has 0 bridgehead atoms. The van der Waals surface area contributed by atoms with Gasteiger partial charge in [-0.1, -0.05) is 0 Å². The topological polar surface area (TPSA) is 76.3 Å². The average Bonchev–Trinajstić information content (AvgIpc) is 2.67. The summed E-state index contributed by atoms with van der Waals surface area (Å²) in [4.78, 5) is 6.38. The number of amidine groups is 1. The van der Waals surface area contributed by atoms with Crippen molar-refractivity contribution in [2.24, 2.45) is 4.99 Å². The lowest BCUT2D eigenvalue weighted by Gasteiger charge is -2.37. The first-order valence-electron chi connectivity index (χ1n) is 5.41. The summed E-state index contributed by atoms with van der Waals surface area (Å²) in [5, 5.41) is 28.8. The van der Waals surface area contributed by atoms with Crippen LogP contribution in [0.25, 0.3) is 0 Å². The molecule has 5 atom stereocenters. The van der Waals surface area contributed by atoms with E-state index < -0.39 is 12.2 Å². The summed E-state index contributed by atoms with van der Waals surface area (Å²) in [5.41, 5.74) is 0. The quantitative estimate of drug-likeness (QED) is 0.548. The molecule has 0 radical (unpaired) electrons. The van der Waals surface area contributed by atoms with E-state index in [0.29, 0.717) is 0 Å². The van der Waals surface area contributed by atoms with Crippen LogP contribution in [-0.2, 0) is 0 Å². The molecule has 6 heteroatoms. The molecule has 1 fully saturated rings. The van der Waals surface area contributed by atoms with Gasteiger partial charge in [-0.05, 0) is 0 Å². The standard InChI is InChI=1S/C10H18N2O3S/c1-12(2)7-3-5-8(11-7)10(15)9(14)6(4-13)16-5/h5-6,8-10,13-15H,3-4H2,1-2H3/t5-,6-,8+,9-,10-/m1/s1. The molecule has 16 heavy (non-hydrogen) atoms. The molecular formula is C10H18N2O3S. The minimum Gasteiger partial charge on any atom is -0.395 e. The minimum atomic E-state index is -0.887. The van der Waals surface area contributed by atoms with E-state index in [1.54, 1.807) is 0 Å². The number of thioether (sulfide) groups is 1. The van der Waals surface area contributed by atoms with Crippen LogP contribution in [0.5, 0.6) is 0 Å². The van der Waals surface area contributed by atoms with Crippen LogP contribution in [-0.4, -0.2) is 75.5 Å². The van der Waals surface area contributed by atoms with E-state index in [2.05, 4.69) is 4.99 Å². The highest BCUT2D eigenvalue weighted by molar-refractivity contribution is 8.00. The molecule has 3 N–H and O–H groups in total. The second-order valence-corrected chi connectivity index (χ2v) is 5.99. The Morgan fingerprint density at radius 3 is 2.62 bits per heavy atom. The van der Waals surface area contributed by atoms with Gasteiger partial charge in [-0.3, -0.25) is 4.99 Å². The summed E-state index contributed by atoms with van der Waals surface area (Å²) in [7, 11) is 3.85. The molecule has 0 aromatic carbocycles. The minimum absolute atomic E-state index is 0.108. The monoisotopic (exact) mass is 246 g/mol. The zero-order chi connectivity index (χ0) is 11.9. The van der Waals surface area contributed by atoms with Crippen molar-refractivity contribution in [1.82, 2.24) is 4.90 Å². The second kappa shape index (κ2) is 4.52. The summed E-state index contributed by atoms with van der Waals surface area (Å²) in [6.45, 7) is -0.108. The molecule has 2 aliphatic rings. The summed E-state index contributed by atoms with van der Waals surface area (Å²) in [6, 6.07) is -0.236. The summed E-state index contributed by atoms with van der Waals surface area (Å²) in [6.07, 6.45) is -0.954. The van der Waals surface area contributed by atoms with Crippen molar-refractivity contribution in [3.8, 4) is 0 Å². The van der Waals surface area contributed by atoms with Gasteiger partial charge in [0.2, 0.25) is 0 Å². The van der Waals surface area contributed by atoms with E-state index in [0.717, 1.165) is 12.3 Å². The van der Waals surface area contributed by atoms with Gasteiger partial charge in [-0.2, -0.15) is 0 Å². The Labute approximate surface area is 99.2 Å².